The second-order valence-corrected chi connectivity index (χ2v) is 9.57. The van der Waals surface area contributed by atoms with E-state index < -0.39 is 0 Å². The third kappa shape index (κ3) is 3.19. The van der Waals surface area contributed by atoms with Crippen LogP contribution in [-0.4, -0.2) is 39.6 Å². The lowest BCUT2D eigenvalue weighted by molar-refractivity contribution is 0.476. The molecule has 0 aliphatic carbocycles. The van der Waals surface area contributed by atoms with Gasteiger partial charge in [-0.3, -0.25) is 0 Å². The van der Waals surface area contributed by atoms with Crippen molar-refractivity contribution in [2.24, 2.45) is 0 Å². The topological polar surface area (TPSA) is 95.4 Å². The molecule has 33 heavy (non-hydrogen) atoms. The highest BCUT2D eigenvalue weighted by Gasteiger charge is 2.17. The van der Waals surface area contributed by atoms with E-state index in [0.29, 0.717) is 0 Å². The van der Waals surface area contributed by atoms with Crippen LogP contribution in [-0.2, 0) is 0 Å². The maximum Gasteiger partial charge on any atom is 0.234 e. The highest BCUT2D eigenvalue weighted by atomic mass is 32.1. The van der Waals surface area contributed by atoms with Crippen molar-refractivity contribution in [3.63, 3.8) is 0 Å². The van der Waals surface area contributed by atoms with Crippen LogP contribution < -0.4 is 4.74 Å². The van der Waals surface area contributed by atoms with Crippen LogP contribution in [0.4, 0.5) is 0 Å². The molecule has 0 saturated heterocycles. The molecule has 0 spiro atoms. The molecule has 2 aromatic carbocycles. The molecule has 11 heteroatoms. The Morgan fingerprint density at radius 1 is 0.636 bits per heavy atom. The average Bonchev–Trinajstić information content (AvgIpc) is 3.56. The largest absolute Gasteiger partial charge is 0.457 e. The number of hydrogen-bond acceptors (Lipinski definition) is 9. The average molecular weight is 475 g/mol. The first-order chi connectivity index (χ1) is 16.0. The van der Waals surface area contributed by atoms with Gasteiger partial charge in [0.15, 0.2) is 11.6 Å². The van der Waals surface area contributed by atoms with E-state index in [1.54, 1.807) is 9.03 Å². The summed E-state index contributed by atoms with van der Waals surface area (Å²) in [6.45, 7) is 7.88. The van der Waals surface area contributed by atoms with Gasteiger partial charge in [0, 0.05) is 22.3 Å². The first kappa shape index (κ1) is 19.9. The van der Waals surface area contributed by atoms with E-state index in [0.717, 1.165) is 65.3 Å². The molecule has 0 amide bonds. The van der Waals surface area contributed by atoms with Crippen molar-refractivity contribution in [3.8, 4) is 32.6 Å². The maximum absolute atomic E-state index is 6.41. The van der Waals surface area contributed by atoms with Crippen LogP contribution in [0.15, 0.2) is 36.4 Å². The van der Waals surface area contributed by atoms with Crippen molar-refractivity contribution < 1.29 is 4.74 Å². The van der Waals surface area contributed by atoms with Crippen molar-refractivity contribution in [1.82, 2.24) is 39.6 Å². The zero-order valence-corrected chi connectivity index (χ0v) is 19.9. The number of rotatable bonds is 4. The second kappa shape index (κ2) is 7.42. The first-order valence-corrected chi connectivity index (χ1v) is 11.9. The monoisotopic (exact) mass is 474 g/mol. The fraction of sp³-hybridized carbons (Fsp3) is 0.182. The number of aryl methyl sites for hydroxylation is 2. The van der Waals surface area contributed by atoms with Gasteiger partial charge < -0.3 is 4.74 Å². The lowest BCUT2D eigenvalue weighted by Gasteiger charge is -2.14. The Balaban J connectivity index is 1.37. The van der Waals surface area contributed by atoms with Crippen LogP contribution in [0.1, 0.15) is 22.8 Å². The Morgan fingerprint density at radius 2 is 1.09 bits per heavy atom. The van der Waals surface area contributed by atoms with Gasteiger partial charge in [-0.25, -0.2) is 0 Å². The fourth-order valence-electron chi connectivity index (χ4n) is 3.68. The third-order valence-corrected chi connectivity index (χ3v) is 7.41. The van der Waals surface area contributed by atoms with Crippen molar-refractivity contribution in [3.05, 3.63) is 59.2 Å². The van der Waals surface area contributed by atoms with Crippen LogP contribution in [0.2, 0.25) is 0 Å². The minimum Gasteiger partial charge on any atom is -0.457 e. The fourth-order valence-corrected chi connectivity index (χ4v) is 5.61. The van der Waals surface area contributed by atoms with Crippen molar-refractivity contribution in [1.29, 1.82) is 0 Å². The highest BCUT2D eigenvalue weighted by Crippen LogP contribution is 2.38. The van der Waals surface area contributed by atoms with E-state index in [1.165, 1.54) is 22.7 Å². The molecule has 0 fully saturated rings. The number of benzene rings is 2. The Morgan fingerprint density at radius 3 is 1.52 bits per heavy atom. The molecule has 164 valence electrons. The van der Waals surface area contributed by atoms with Crippen LogP contribution in [0.3, 0.4) is 0 Å². The predicted octanol–water partition coefficient (Wildman–Crippen LogP) is 5.04. The lowest BCUT2D eigenvalue weighted by atomic mass is 10.1. The minimum atomic E-state index is 0.769. The van der Waals surface area contributed by atoms with Gasteiger partial charge in [-0.1, -0.05) is 46.9 Å². The van der Waals surface area contributed by atoms with Crippen LogP contribution in [0.5, 0.6) is 11.5 Å². The predicted molar refractivity (Wildman–Crippen MR) is 127 cm³/mol. The second-order valence-electron chi connectivity index (χ2n) is 7.66. The summed E-state index contributed by atoms with van der Waals surface area (Å²) < 4.78 is 9.94. The van der Waals surface area contributed by atoms with E-state index in [2.05, 4.69) is 30.6 Å². The number of aromatic nitrogens is 8. The van der Waals surface area contributed by atoms with Gasteiger partial charge in [-0.15, -0.1) is 20.4 Å². The van der Waals surface area contributed by atoms with Gasteiger partial charge in [0.2, 0.25) is 9.92 Å². The van der Waals surface area contributed by atoms with Crippen LogP contribution in [0, 0.1) is 27.7 Å². The summed E-state index contributed by atoms with van der Waals surface area (Å²) in [4.78, 5) is 1.55. The molecular weight excluding hydrogens is 456 g/mol. The van der Waals surface area contributed by atoms with E-state index >= 15 is 0 Å². The van der Waals surface area contributed by atoms with Gasteiger partial charge in [0.25, 0.3) is 0 Å². The quantitative estimate of drug-likeness (QED) is 0.353. The van der Waals surface area contributed by atoms with Gasteiger partial charge >= 0.3 is 0 Å². The minimum absolute atomic E-state index is 0.769. The molecule has 4 heterocycles. The first-order valence-electron chi connectivity index (χ1n) is 10.2. The number of hydrogen-bond donors (Lipinski definition) is 0. The smallest absolute Gasteiger partial charge is 0.234 e. The molecule has 0 aliphatic rings. The highest BCUT2D eigenvalue weighted by molar-refractivity contribution is 7.20. The molecule has 0 saturated carbocycles. The van der Waals surface area contributed by atoms with E-state index in [1.807, 2.05) is 64.1 Å². The Bertz CT molecular complexity index is 1540. The molecule has 6 rings (SSSR count). The number of fused-ring (bicyclic) bond motifs is 2. The zero-order chi connectivity index (χ0) is 22.7. The summed E-state index contributed by atoms with van der Waals surface area (Å²) in [5.74, 6) is 3.10. The van der Waals surface area contributed by atoms with Crippen LogP contribution >= 0.6 is 22.7 Å². The molecule has 4 aromatic heterocycles. The van der Waals surface area contributed by atoms with Gasteiger partial charge in [0.1, 0.15) is 21.5 Å². The number of ether oxygens (including phenoxy) is 1. The zero-order valence-electron chi connectivity index (χ0n) is 18.3. The van der Waals surface area contributed by atoms with Crippen LogP contribution in [0.25, 0.3) is 31.1 Å². The molecule has 0 atom stereocenters. The summed E-state index contributed by atoms with van der Waals surface area (Å²) in [6, 6.07) is 12.0. The Kier molecular flexibility index (Phi) is 4.49. The van der Waals surface area contributed by atoms with Crippen molar-refractivity contribution in [2.75, 3.05) is 0 Å². The van der Waals surface area contributed by atoms with Crippen molar-refractivity contribution in [2.45, 2.75) is 27.7 Å². The molecule has 0 bridgehead atoms. The normalized spacial score (nSPS) is 11.6. The molecule has 9 nitrogen and oxygen atoms in total. The molecule has 0 N–H and O–H groups in total. The van der Waals surface area contributed by atoms with E-state index in [-0.39, 0.29) is 0 Å². The van der Waals surface area contributed by atoms with Gasteiger partial charge in [-0.2, -0.15) is 19.2 Å². The summed E-state index contributed by atoms with van der Waals surface area (Å²) in [7, 11) is 0. The lowest BCUT2D eigenvalue weighted by Crippen LogP contribution is -1.95. The SMILES string of the molecule is Cc1c(Oc2cccc(-c3nn4c(C)nnc4s3)c2C)cccc1-c1nn2c(C)nnc2s1. The third-order valence-electron chi connectivity index (χ3n) is 5.54. The summed E-state index contributed by atoms with van der Waals surface area (Å²) in [6.07, 6.45) is 0. The maximum atomic E-state index is 6.41. The molecular formula is C22H18N8OS2. The van der Waals surface area contributed by atoms with E-state index in [4.69, 9.17) is 4.74 Å². The summed E-state index contributed by atoms with van der Waals surface area (Å²) >= 11 is 3.02. The Labute approximate surface area is 196 Å². The number of nitrogens with zero attached hydrogens (tertiary/aromatic N) is 8. The van der Waals surface area contributed by atoms with Crippen molar-refractivity contribution >= 4 is 32.6 Å². The summed E-state index contributed by atoms with van der Waals surface area (Å²) in [5, 5.41) is 27.6. The van der Waals surface area contributed by atoms with Gasteiger partial charge in [0.05, 0.1) is 0 Å². The molecule has 0 unspecified atom stereocenters. The molecule has 0 radical (unpaired) electrons. The Hall–Kier alpha value is -3.70. The standard InChI is InChI=1S/C22H18N8OS2/c1-11-15(19-27-29-13(3)23-25-21(29)32-19)7-5-9-17(11)31-18-10-6-8-16(12(18)2)20-28-30-14(4)24-26-22(30)33-20/h5-10H,1-4H3. The molecule has 0 aliphatic heterocycles. The van der Waals surface area contributed by atoms with E-state index in [9.17, 15) is 0 Å². The molecule has 6 aromatic rings. The summed E-state index contributed by atoms with van der Waals surface area (Å²) in [5.41, 5.74) is 4.05. The van der Waals surface area contributed by atoms with Gasteiger partial charge in [-0.05, 0) is 39.8 Å².